The van der Waals surface area contributed by atoms with Gasteiger partial charge in [-0.3, -0.25) is 0 Å². The lowest BCUT2D eigenvalue weighted by atomic mass is 10.2. The molecular formula is C16H30OSi. The second-order valence-electron chi connectivity index (χ2n) is 6.46. The van der Waals surface area contributed by atoms with Crippen LogP contribution in [-0.4, -0.2) is 8.32 Å². The highest BCUT2D eigenvalue weighted by molar-refractivity contribution is 6.77. The third kappa shape index (κ3) is 2.90. The van der Waals surface area contributed by atoms with E-state index in [4.69, 9.17) is 4.43 Å². The van der Waals surface area contributed by atoms with Gasteiger partial charge in [0, 0.05) is 0 Å². The minimum absolute atomic E-state index is 0.622. The van der Waals surface area contributed by atoms with Crippen molar-refractivity contribution in [1.29, 1.82) is 0 Å². The summed E-state index contributed by atoms with van der Waals surface area (Å²) in [5.74, 6) is 0.968. The van der Waals surface area contributed by atoms with Crippen LogP contribution in [0.1, 0.15) is 60.8 Å². The van der Waals surface area contributed by atoms with Crippen molar-refractivity contribution in [3.05, 3.63) is 24.0 Å². The Morgan fingerprint density at radius 3 is 1.94 bits per heavy atom. The second kappa shape index (κ2) is 6.09. The van der Waals surface area contributed by atoms with E-state index in [1.54, 1.807) is 0 Å². The number of allylic oxidation sites excluding steroid dienone is 2. The molecule has 1 rings (SSSR count). The molecule has 0 aliphatic heterocycles. The molecule has 0 aromatic carbocycles. The monoisotopic (exact) mass is 266 g/mol. The number of rotatable bonds is 6. The molecule has 0 aromatic heterocycles. The molecule has 0 heterocycles. The van der Waals surface area contributed by atoms with Gasteiger partial charge in [-0.15, -0.1) is 0 Å². The SMILES string of the molecule is C=C(O[Si](C(C)C)(C(C)C)C(C)C)C1=CCCC1. The van der Waals surface area contributed by atoms with Crippen LogP contribution < -0.4 is 0 Å². The molecule has 0 bridgehead atoms. The van der Waals surface area contributed by atoms with Crippen LogP contribution in [0.4, 0.5) is 0 Å². The molecule has 0 spiro atoms. The van der Waals surface area contributed by atoms with E-state index in [1.165, 1.54) is 18.4 Å². The van der Waals surface area contributed by atoms with Crippen LogP contribution in [0.3, 0.4) is 0 Å². The van der Waals surface area contributed by atoms with Gasteiger partial charge in [0.2, 0.25) is 0 Å². The summed E-state index contributed by atoms with van der Waals surface area (Å²) in [4.78, 5) is 0. The van der Waals surface area contributed by atoms with Crippen molar-refractivity contribution in [2.24, 2.45) is 0 Å². The van der Waals surface area contributed by atoms with Gasteiger partial charge < -0.3 is 4.43 Å². The molecule has 104 valence electrons. The van der Waals surface area contributed by atoms with Crippen molar-refractivity contribution < 1.29 is 4.43 Å². The van der Waals surface area contributed by atoms with Crippen molar-refractivity contribution in [3.8, 4) is 0 Å². The second-order valence-corrected chi connectivity index (χ2v) is 11.8. The highest BCUT2D eigenvalue weighted by atomic mass is 28.4. The van der Waals surface area contributed by atoms with Gasteiger partial charge in [0.05, 0.1) is 5.76 Å². The summed E-state index contributed by atoms with van der Waals surface area (Å²) in [6, 6.07) is 0. The van der Waals surface area contributed by atoms with E-state index in [-0.39, 0.29) is 0 Å². The van der Waals surface area contributed by atoms with Crippen LogP contribution in [-0.2, 0) is 4.43 Å². The van der Waals surface area contributed by atoms with E-state index < -0.39 is 8.32 Å². The Bertz CT molecular complexity index is 304. The molecule has 0 atom stereocenters. The van der Waals surface area contributed by atoms with Crippen molar-refractivity contribution >= 4 is 8.32 Å². The minimum atomic E-state index is -1.80. The largest absolute Gasteiger partial charge is 0.543 e. The van der Waals surface area contributed by atoms with Crippen LogP contribution in [0.25, 0.3) is 0 Å². The maximum Gasteiger partial charge on any atom is 0.258 e. The highest BCUT2D eigenvalue weighted by Crippen LogP contribution is 2.44. The van der Waals surface area contributed by atoms with Crippen LogP contribution in [0.2, 0.25) is 16.6 Å². The van der Waals surface area contributed by atoms with E-state index in [1.807, 2.05) is 0 Å². The standard InChI is InChI=1S/C16H30OSi/c1-12(2)18(13(3)4,14(5)6)17-15(7)16-10-8-9-11-16/h10,12-14H,7-9,11H2,1-6H3. The van der Waals surface area contributed by atoms with Crippen molar-refractivity contribution in [2.75, 3.05) is 0 Å². The number of hydrogen-bond donors (Lipinski definition) is 0. The molecule has 1 aliphatic carbocycles. The van der Waals surface area contributed by atoms with Crippen molar-refractivity contribution in [1.82, 2.24) is 0 Å². The van der Waals surface area contributed by atoms with E-state index in [0.717, 1.165) is 12.2 Å². The molecule has 0 unspecified atom stereocenters. The third-order valence-corrected chi connectivity index (χ3v) is 10.4. The third-order valence-electron chi connectivity index (χ3n) is 4.41. The first-order valence-corrected chi connectivity index (χ1v) is 9.53. The quantitative estimate of drug-likeness (QED) is 0.436. The summed E-state index contributed by atoms with van der Waals surface area (Å²) < 4.78 is 6.58. The normalized spacial score (nSPS) is 16.6. The maximum absolute atomic E-state index is 6.58. The summed E-state index contributed by atoms with van der Waals surface area (Å²) >= 11 is 0. The van der Waals surface area contributed by atoms with Gasteiger partial charge >= 0.3 is 0 Å². The van der Waals surface area contributed by atoms with Gasteiger partial charge in [0.15, 0.2) is 0 Å². The van der Waals surface area contributed by atoms with Gasteiger partial charge in [-0.05, 0) is 41.5 Å². The lowest BCUT2D eigenvalue weighted by Gasteiger charge is -2.43. The summed E-state index contributed by atoms with van der Waals surface area (Å²) in [5.41, 5.74) is 3.22. The molecular weight excluding hydrogens is 236 g/mol. The average Bonchev–Trinajstić information content (AvgIpc) is 2.77. The van der Waals surface area contributed by atoms with Crippen LogP contribution >= 0.6 is 0 Å². The molecule has 0 radical (unpaired) electrons. The predicted molar refractivity (Wildman–Crippen MR) is 83.2 cm³/mol. The lowest BCUT2D eigenvalue weighted by molar-refractivity contribution is 0.380. The first-order valence-electron chi connectivity index (χ1n) is 7.39. The summed E-state index contributed by atoms with van der Waals surface area (Å²) in [7, 11) is -1.80. The smallest absolute Gasteiger partial charge is 0.258 e. The topological polar surface area (TPSA) is 9.23 Å². The van der Waals surface area contributed by atoms with Gasteiger partial charge in [0.25, 0.3) is 8.32 Å². The molecule has 18 heavy (non-hydrogen) atoms. The van der Waals surface area contributed by atoms with E-state index in [9.17, 15) is 0 Å². The van der Waals surface area contributed by atoms with Gasteiger partial charge in [-0.1, -0.05) is 54.2 Å². The molecule has 1 aliphatic rings. The van der Waals surface area contributed by atoms with E-state index in [0.29, 0.717) is 16.6 Å². The van der Waals surface area contributed by atoms with Crippen LogP contribution in [0.5, 0.6) is 0 Å². The fourth-order valence-electron chi connectivity index (χ4n) is 3.56. The van der Waals surface area contributed by atoms with Crippen molar-refractivity contribution in [2.45, 2.75) is 77.4 Å². The molecule has 0 saturated carbocycles. The lowest BCUT2D eigenvalue weighted by Crippen LogP contribution is -2.47. The molecule has 2 heteroatoms. The summed E-state index contributed by atoms with van der Waals surface area (Å²) in [6.45, 7) is 18.1. The zero-order chi connectivity index (χ0) is 13.9. The Morgan fingerprint density at radius 2 is 1.61 bits per heavy atom. The molecule has 1 nitrogen and oxygen atoms in total. The Hall–Kier alpha value is -0.503. The van der Waals surface area contributed by atoms with Crippen LogP contribution in [0, 0.1) is 0 Å². The summed E-state index contributed by atoms with van der Waals surface area (Å²) in [6.07, 6.45) is 5.91. The Balaban J connectivity index is 2.94. The molecule has 0 aromatic rings. The fraction of sp³-hybridized carbons (Fsp3) is 0.750. The number of hydrogen-bond acceptors (Lipinski definition) is 1. The Labute approximate surface area is 114 Å². The molecule has 0 amide bonds. The molecule has 0 N–H and O–H groups in total. The maximum atomic E-state index is 6.58. The zero-order valence-electron chi connectivity index (χ0n) is 13.0. The van der Waals surface area contributed by atoms with Crippen molar-refractivity contribution in [3.63, 3.8) is 0 Å². The Morgan fingerprint density at radius 1 is 1.11 bits per heavy atom. The predicted octanol–water partition coefficient (Wildman–Crippen LogP) is 5.80. The summed E-state index contributed by atoms with van der Waals surface area (Å²) in [5, 5.41) is 0. The average molecular weight is 267 g/mol. The van der Waals surface area contributed by atoms with Gasteiger partial charge in [-0.2, -0.15) is 0 Å². The molecule has 0 fully saturated rings. The van der Waals surface area contributed by atoms with Gasteiger partial charge in [-0.25, -0.2) is 0 Å². The fourth-order valence-corrected chi connectivity index (χ4v) is 8.82. The molecule has 0 saturated heterocycles. The van der Waals surface area contributed by atoms with Crippen LogP contribution in [0.15, 0.2) is 24.0 Å². The zero-order valence-corrected chi connectivity index (χ0v) is 14.0. The van der Waals surface area contributed by atoms with E-state index in [2.05, 4.69) is 54.2 Å². The first-order chi connectivity index (χ1) is 8.32. The van der Waals surface area contributed by atoms with Gasteiger partial charge in [0.1, 0.15) is 0 Å². The first kappa shape index (κ1) is 15.6. The minimum Gasteiger partial charge on any atom is -0.543 e. The highest BCUT2D eigenvalue weighted by Gasteiger charge is 2.47. The Kier molecular flexibility index (Phi) is 5.27. The van der Waals surface area contributed by atoms with E-state index >= 15 is 0 Å².